The van der Waals surface area contributed by atoms with Crippen molar-refractivity contribution in [2.24, 2.45) is 0 Å². The number of hydrogen-bond acceptors (Lipinski definition) is 2. The maximum atomic E-state index is 13.2. The van der Waals surface area contributed by atoms with Crippen molar-refractivity contribution in [3.8, 4) is 0 Å². The Balaban J connectivity index is 1.81. The van der Waals surface area contributed by atoms with E-state index in [1.807, 2.05) is 18.2 Å². The zero-order valence-electron chi connectivity index (χ0n) is 16.5. The number of aromatic nitrogens is 1. The Bertz CT molecular complexity index is 1180. The summed E-state index contributed by atoms with van der Waals surface area (Å²) in [6, 6.07) is 12.3. The molecule has 0 aliphatic carbocycles. The second-order valence-corrected chi connectivity index (χ2v) is 7.47. The highest BCUT2D eigenvalue weighted by Gasteiger charge is 2.31. The summed E-state index contributed by atoms with van der Waals surface area (Å²) in [7, 11) is 0. The molecule has 30 heavy (non-hydrogen) atoms. The van der Waals surface area contributed by atoms with Gasteiger partial charge >= 0.3 is 6.18 Å². The fraction of sp³-hybridized carbons (Fsp3) is 0.304. The third-order valence-corrected chi connectivity index (χ3v) is 5.52. The first-order valence-electron chi connectivity index (χ1n) is 9.91. The normalized spacial score (nSPS) is 13.5. The minimum atomic E-state index is -4.51. The second-order valence-electron chi connectivity index (χ2n) is 7.47. The van der Waals surface area contributed by atoms with Gasteiger partial charge in [0.05, 0.1) is 17.6 Å². The fourth-order valence-electron chi connectivity index (χ4n) is 4.07. The molecule has 156 valence electrons. The Morgan fingerprint density at radius 2 is 1.90 bits per heavy atom. The van der Waals surface area contributed by atoms with Crippen LogP contribution < -0.4 is 10.5 Å². The first kappa shape index (κ1) is 20.2. The van der Waals surface area contributed by atoms with E-state index in [2.05, 4.69) is 0 Å². The molecule has 1 aliphatic heterocycles. The third-order valence-electron chi connectivity index (χ3n) is 5.52. The number of benzene rings is 2. The lowest BCUT2D eigenvalue weighted by Gasteiger charge is -2.25. The number of pyridine rings is 1. The highest BCUT2D eigenvalue weighted by atomic mass is 19.4. The van der Waals surface area contributed by atoms with Crippen molar-refractivity contribution >= 4 is 22.5 Å². The van der Waals surface area contributed by atoms with E-state index in [-0.39, 0.29) is 30.1 Å². The molecule has 1 aromatic heterocycles. The minimum absolute atomic E-state index is 0.0764. The number of hydrogen-bond donors (Lipinski definition) is 0. The number of aryl methyl sites for hydroxylation is 2. The number of anilines is 1. The van der Waals surface area contributed by atoms with E-state index in [1.165, 1.54) is 17.0 Å². The molecule has 1 aliphatic rings. The van der Waals surface area contributed by atoms with Crippen LogP contribution in [0.25, 0.3) is 10.9 Å². The van der Waals surface area contributed by atoms with E-state index in [4.69, 9.17) is 0 Å². The van der Waals surface area contributed by atoms with Gasteiger partial charge in [-0.05, 0) is 48.1 Å². The van der Waals surface area contributed by atoms with Crippen LogP contribution in [0.15, 0.2) is 53.3 Å². The number of para-hydroxylation sites is 1. The fourth-order valence-corrected chi connectivity index (χ4v) is 4.07. The summed E-state index contributed by atoms with van der Waals surface area (Å²) in [6.45, 7) is 2.16. The lowest BCUT2D eigenvalue weighted by molar-refractivity contribution is -0.137. The largest absolute Gasteiger partial charge is 0.416 e. The quantitative estimate of drug-likeness (QED) is 0.609. The SMILES string of the molecule is CCC(=O)N(Cc1cc2cccc3c2n(c1=O)CCC3)c1cccc(C(F)(F)F)c1. The van der Waals surface area contributed by atoms with Crippen molar-refractivity contribution in [3.05, 3.63) is 75.6 Å². The minimum Gasteiger partial charge on any atom is -0.308 e. The molecule has 0 unspecified atom stereocenters. The summed E-state index contributed by atoms with van der Waals surface area (Å²) >= 11 is 0. The predicted molar refractivity (Wildman–Crippen MR) is 109 cm³/mol. The maximum absolute atomic E-state index is 13.2. The van der Waals surface area contributed by atoms with Crippen LogP contribution in [-0.4, -0.2) is 10.5 Å². The highest BCUT2D eigenvalue weighted by molar-refractivity contribution is 5.93. The Morgan fingerprint density at radius 3 is 2.63 bits per heavy atom. The van der Waals surface area contributed by atoms with Crippen LogP contribution in [0.3, 0.4) is 0 Å². The van der Waals surface area contributed by atoms with Gasteiger partial charge in [-0.1, -0.05) is 31.2 Å². The van der Waals surface area contributed by atoms with Gasteiger partial charge < -0.3 is 9.47 Å². The second kappa shape index (κ2) is 7.63. The first-order chi connectivity index (χ1) is 14.3. The number of carbonyl (C=O) groups excluding carboxylic acids is 1. The smallest absolute Gasteiger partial charge is 0.308 e. The summed E-state index contributed by atoms with van der Waals surface area (Å²) in [6.07, 6.45) is -2.65. The predicted octanol–water partition coefficient (Wildman–Crippen LogP) is 4.91. The zero-order valence-corrected chi connectivity index (χ0v) is 16.5. The molecular weight excluding hydrogens is 393 g/mol. The van der Waals surface area contributed by atoms with Crippen LogP contribution in [0.4, 0.5) is 18.9 Å². The molecule has 2 aromatic carbocycles. The summed E-state index contributed by atoms with van der Waals surface area (Å²) in [5.41, 5.74) is 1.51. The molecule has 0 radical (unpaired) electrons. The van der Waals surface area contributed by atoms with E-state index in [0.29, 0.717) is 12.1 Å². The number of nitrogens with zero attached hydrogens (tertiary/aromatic N) is 2. The van der Waals surface area contributed by atoms with Gasteiger partial charge in [0, 0.05) is 24.2 Å². The van der Waals surface area contributed by atoms with Crippen molar-refractivity contribution in [1.82, 2.24) is 4.57 Å². The van der Waals surface area contributed by atoms with Gasteiger partial charge in [-0.3, -0.25) is 9.59 Å². The molecule has 3 aromatic rings. The molecule has 7 heteroatoms. The van der Waals surface area contributed by atoms with Crippen LogP contribution in [0.2, 0.25) is 0 Å². The Labute approximate surface area is 171 Å². The van der Waals surface area contributed by atoms with Crippen molar-refractivity contribution in [1.29, 1.82) is 0 Å². The monoisotopic (exact) mass is 414 g/mol. The van der Waals surface area contributed by atoms with E-state index in [0.717, 1.165) is 41.4 Å². The molecule has 4 rings (SSSR count). The van der Waals surface area contributed by atoms with E-state index < -0.39 is 11.7 Å². The number of halogens is 3. The lowest BCUT2D eigenvalue weighted by atomic mass is 10.00. The molecule has 0 saturated heterocycles. The maximum Gasteiger partial charge on any atom is 0.416 e. The van der Waals surface area contributed by atoms with Gasteiger partial charge in [0.25, 0.3) is 5.56 Å². The summed E-state index contributed by atoms with van der Waals surface area (Å²) in [5.74, 6) is -0.346. The molecule has 4 nitrogen and oxygen atoms in total. The molecule has 2 heterocycles. The molecule has 0 N–H and O–H groups in total. The average Bonchev–Trinajstić information content (AvgIpc) is 2.74. The van der Waals surface area contributed by atoms with Crippen LogP contribution in [0, 0.1) is 0 Å². The standard InChI is InChI=1S/C23H21F3N2O2/c1-2-20(29)28(19-10-4-9-18(13-19)23(24,25)26)14-17-12-16-7-3-6-15-8-5-11-27(21(15)16)22(17)30/h3-4,6-7,9-10,12-13H,2,5,8,11,14H2,1H3. The van der Waals surface area contributed by atoms with Gasteiger partial charge in [-0.25, -0.2) is 0 Å². The molecule has 0 saturated carbocycles. The van der Waals surface area contributed by atoms with E-state index in [1.54, 1.807) is 17.6 Å². The van der Waals surface area contributed by atoms with Gasteiger partial charge in [0.1, 0.15) is 0 Å². The van der Waals surface area contributed by atoms with Gasteiger partial charge in [0.2, 0.25) is 5.91 Å². The van der Waals surface area contributed by atoms with Gasteiger partial charge in [0.15, 0.2) is 0 Å². The molecule has 1 amide bonds. The van der Waals surface area contributed by atoms with Gasteiger partial charge in [-0.15, -0.1) is 0 Å². The number of alkyl halides is 3. The molecule has 0 fully saturated rings. The van der Waals surface area contributed by atoms with E-state index >= 15 is 0 Å². The summed E-state index contributed by atoms with van der Waals surface area (Å²) in [5, 5.41) is 0.898. The molecule has 0 spiro atoms. The van der Waals surface area contributed by atoms with Crippen molar-refractivity contribution in [3.63, 3.8) is 0 Å². The van der Waals surface area contributed by atoms with Gasteiger partial charge in [-0.2, -0.15) is 13.2 Å². The lowest BCUT2D eigenvalue weighted by Crippen LogP contribution is -2.35. The highest BCUT2D eigenvalue weighted by Crippen LogP contribution is 2.32. The molecule has 0 bridgehead atoms. The van der Waals surface area contributed by atoms with Crippen molar-refractivity contribution in [2.45, 2.75) is 45.5 Å². The topological polar surface area (TPSA) is 42.3 Å². The average molecular weight is 414 g/mol. The van der Waals surface area contributed by atoms with Crippen molar-refractivity contribution in [2.75, 3.05) is 4.90 Å². The van der Waals surface area contributed by atoms with Crippen molar-refractivity contribution < 1.29 is 18.0 Å². The van der Waals surface area contributed by atoms with Crippen LogP contribution in [-0.2, 0) is 30.5 Å². The Hall–Kier alpha value is -3.09. The summed E-state index contributed by atoms with van der Waals surface area (Å²) in [4.78, 5) is 27.0. The molecule has 0 atom stereocenters. The Kier molecular flexibility index (Phi) is 5.13. The third kappa shape index (κ3) is 3.60. The van der Waals surface area contributed by atoms with E-state index in [9.17, 15) is 22.8 Å². The number of carbonyl (C=O) groups is 1. The van der Waals surface area contributed by atoms with Crippen LogP contribution in [0.1, 0.15) is 36.5 Å². The first-order valence-corrected chi connectivity index (χ1v) is 9.91. The zero-order chi connectivity index (χ0) is 21.5. The summed E-state index contributed by atoms with van der Waals surface area (Å²) < 4.78 is 41.2. The van der Waals surface area contributed by atoms with Crippen LogP contribution in [0.5, 0.6) is 0 Å². The Morgan fingerprint density at radius 1 is 1.13 bits per heavy atom. The number of amides is 1. The molecular formula is C23H21F3N2O2. The van der Waals surface area contributed by atoms with Crippen LogP contribution >= 0.6 is 0 Å². The number of rotatable bonds is 4.